The first-order valence-corrected chi connectivity index (χ1v) is 4.68. The molecule has 1 unspecified atom stereocenters. The van der Waals surface area contributed by atoms with E-state index < -0.39 is 0 Å². The fourth-order valence-corrected chi connectivity index (χ4v) is 1.74. The molecule has 3 heteroatoms. The molecule has 0 amide bonds. The van der Waals surface area contributed by atoms with Crippen LogP contribution in [-0.2, 0) is 0 Å². The molecule has 0 aromatic heterocycles. The monoisotopic (exact) mass is 213 g/mol. The predicted molar refractivity (Wildman–Crippen MR) is 60.2 cm³/mol. The molecule has 2 nitrogen and oxygen atoms in total. The number of rotatable bonds is 0. The van der Waals surface area contributed by atoms with E-state index in [2.05, 4.69) is 26.0 Å². The van der Waals surface area contributed by atoms with E-state index in [9.17, 15) is 0 Å². The molecule has 0 bridgehead atoms. The molecule has 1 aliphatic heterocycles. The summed E-state index contributed by atoms with van der Waals surface area (Å²) >= 11 is 0. The second-order valence-corrected chi connectivity index (χ2v) is 3.67. The highest BCUT2D eigenvalue weighted by atomic mass is 35.5. The third-order valence-electron chi connectivity index (χ3n) is 2.78. The van der Waals surface area contributed by atoms with E-state index in [4.69, 9.17) is 10.5 Å². The third kappa shape index (κ3) is 1.72. The van der Waals surface area contributed by atoms with Crippen molar-refractivity contribution >= 4 is 12.4 Å². The molecule has 0 saturated heterocycles. The summed E-state index contributed by atoms with van der Waals surface area (Å²) in [6, 6.07) is 4.35. The molecule has 0 spiro atoms. The number of aryl methyl sites for hydroxylation is 1. The van der Waals surface area contributed by atoms with E-state index in [1.165, 1.54) is 11.1 Å². The van der Waals surface area contributed by atoms with Gasteiger partial charge in [0.1, 0.15) is 5.75 Å². The van der Waals surface area contributed by atoms with Gasteiger partial charge in [-0.2, -0.15) is 0 Å². The average Bonchev–Trinajstić information content (AvgIpc) is 2.12. The number of hydrogen-bond donors (Lipinski definition) is 1. The maximum atomic E-state index is 5.99. The van der Waals surface area contributed by atoms with Gasteiger partial charge >= 0.3 is 0 Å². The van der Waals surface area contributed by atoms with Gasteiger partial charge in [-0.15, -0.1) is 12.4 Å². The summed E-state index contributed by atoms with van der Waals surface area (Å²) in [5, 5.41) is 0. The summed E-state index contributed by atoms with van der Waals surface area (Å²) in [4.78, 5) is 0. The van der Waals surface area contributed by atoms with Crippen LogP contribution < -0.4 is 10.5 Å². The fourth-order valence-electron chi connectivity index (χ4n) is 1.74. The number of nitrogens with two attached hydrogens (primary N) is 1. The van der Waals surface area contributed by atoms with Crippen LogP contribution in [0.15, 0.2) is 12.1 Å². The molecule has 78 valence electrons. The first kappa shape index (κ1) is 11.3. The molecule has 0 aliphatic carbocycles. The standard InChI is InChI=1S/C11H15NO.ClH/c1-7-3-4-9-10(12)5-6-13-11(9)8(7)2;/h3-4,10H,5-6,12H2,1-2H3;1H. The lowest BCUT2D eigenvalue weighted by Crippen LogP contribution is -2.21. The number of hydrogen-bond acceptors (Lipinski definition) is 2. The summed E-state index contributed by atoms with van der Waals surface area (Å²) < 4.78 is 5.63. The van der Waals surface area contributed by atoms with Gasteiger partial charge in [-0.3, -0.25) is 0 Å². The van der Waals surface area contributed by atoms with Crippen LogP contribution in [-0.4, -0.2) is 6.61 Å². The topological polar surface area (TPSA) is 35.2 Å². The van der Waals surface area contributed by atoms with E-state index in [0.717, 1.165) is 24.3 Å². The average molecular weight is 214 g/mol. The van der Waals surface area contributed by atoms with Crippen LogP contribution in [0.4, 0.5) is 0 Å². The lowest BCUT2D eigenvalue weighted by molar-refractivity contribution is 0.267. The predicted octanol–water partition coefficient (Wildman–Crippen LogP) is 2.51. The van der Waals surface area contributed by atoms with Crippen LogP contribution in [0.5, 0.6) is 5.75 Å². The quantitative estimate of drug-likeness (QED) is 0.719. The van der Waals surface area contributed by atoms with Gasteiger partial charge in [0.15, 0.2) is 0 Å². The van der Waals surface area contributed by atoms with Gasteiger partial charge in [-0.05, 0) is 25.0 Å². The van der Waals surface area contributed by atoms with Crippen molar-refractivity contribution in [3.8, 4) is 5.75 Å². The van der Waals surface area contributed by atoms with Crippen molar-refractivity contribution in [3.63, 3.8) is 0 Å². The van der Waals surface area contributed by atoms with Crippen LogP contribution in [0.2, 0.25) is 0 Å². The van der Waals surface area contributed by atoms with Gasteiger partial charge < -0.3 is 10.5 Å². The molecule has 1 atom stereocenters. The van der Waals surface area contributed by atoms with Crippen molar-refractivity contribution in [1.29, 1.82) is 0 Å². The summed E-state index contributed by atoms with van der Waals surface area (Å²) in [6.45, 7) is 4.93. The smallest absolute Gasteiger partial charge is 0.127 e. The molecule has 1 aliphatic rings. The fraction of sp³-hybridized carbons (Fsp3) is 0.455. The molecule has 0 saturated carbocycles. The Balaban J connectivity index is 0.000000980. The highest BCUT2D eigenvalue weighted by molar-refractivity contribution is 5.85. The molecular formula is C11H16ClNO. The van der Waals surface area contributed by atoms with Crippen molar-refractivity contribution in [2.45, 2.75) is 26.3 Å². The first-order valence-electron chi connectivity index (χ1n) is 4.68. The van der Waals surface area contributed by atoms with E-state index in [-0.39, 0.29) is 18.4 Å². The Bertz CT molecular complexity index is 338. The molecular weight excluding hydrogens is 198 g/mol. The maximum absolute atomic E-state index is 5.99. The minimum atomic E-state index is 0. The number of benzene rings is 1. The molecule has 0 radical (unpaired) electrons. The van der Waals surface area contributed by atoms with Crippen molar-refractivity contribution < 1.29 is 4.74 Å². The molecule has 0 fully saturated rings. The highest BCUT2D eigenvalue weighted by Crippen LogP contribution is 2.34. The first-order chi connectivity index (χ1) is 6.20. The summed E-state index contributed by atoms with van der Waals surface area (Å²) in [5.41, 5.74) is 9.65. The second kappa shape index (κ2) is 4.20. The minimum Gasteiger partial charge on any atom is -0.493 e. The highest BCUT2D eigenvalue weighted by Gasteiger charge is 2.19. The van der Waals surface area contributed by atoms with Crippen molar-refractivity contribution in [3.05, 3.63) is 28.8 Å². The molecule has 2 rings (SSSR count). The van der Waals surface area contributed by atoms with Crippen molar-refractivity contribution in [2.24, 2.45) is 5.73 Å². The molecule has 1 heterocycles. The Labute approximate surface area is 90.9 Å². The van der Waals surface area contributed by atoms with Gasteiger partial charge in [0.2, 0.25) is 0 Å². The molecule has 14 heavy (non-hydrogen) atoms. The largest absolute Gasteiger partial charge is 0.493 e. The lowest BCUT2D eigenvalue weighted by atomic mass is 9.96. The zero-order valence-electron chi connectivity index (χ0n) is 8.54. The number of halogens is 1. The Morgan fingerprint density at radius 1 is 1.36 bits per heavy atom. The van der Waals surface area contributed by atoms with Gasteiger partial charge in [-0.25, -0.2) is 0 Å². The van der Waals surface area contributed by atoms with Gasteiger partial charge in [0, 0.05) is 18.0 Å². The Hall–Kier alpha value is -0.730. The van der Waals surface area contributed by atoms with E-state index in [1.54, 1.807) is 0 Å². The van der Waals surface area contributed by atoms with Crippen molar-refractivity contribution in [2.75, 3.05) is 6.61 Å². The van der Waals surface area contributed by atoms with Crippen LogP contribution in [0.3, 0.4) is 0 Å². The van der Waals surface area contributed by atoms with Crippen LogP contribution >= 0.6 is 12.4 Å². The summed E-state index contributed by atoms with van der Waals surface area (Å²) in [7, 11) is 0. The van der Waals surface area contributed by atoms with E-state index >= 15 is 0 Å². The molecule has 2 N–H and O–H groups in total. The third-order valence-corrected chi connectivity index (χ3v) is 2.78. The van der Waals surface area contributed by atoms with Crippen LogP contribution in [0.25, 0.3) is 0 Å². The Kier molecular flexibility index (Phi) is 3.40. The van der Waals surface area contributed by atoms with Gasteiger partial charge in [-0.1, -0.05) is 12.1 Å². The van der Waals surface area contributed by atoms with Crippen molar-refractivity contribution in [1.82, 2.24) is 0 Å². The maximum Gasteiger partial charge on any atom is 0.127 e. The van der Waals surface area contributed by atoms with Crippen LogP contribution in [0, 0.1) is 13.8 Å². The number of fused-ring (bicyclic) bond motifs is 1. The van der Waals surface area contributed by atoms with E-state index in [0.29, 0.717) is 0 Å². The zero-order valence-corrected chi connectivity index (χ0v) is 9.36. The normalized spacial score (nSPS) is 19.2. The Morgan fingerprint density at radius 2 is 2.07 bits per heavy atom. The van der Waals surface area contributed by atoms with Gasteiger partial charge in [0.25, 0.3) is 0 Å². The Morgan fingerprint density at radius 3 is 2.79 bits per heavy atom. The van der Waals surface area contributed by atoms with Gasteiger partial charge in [0.05, 0.1) is 6.61 Å². The SMILES string of the molecule is Cc1ccc2c(c1C)OCCC2N.Cl. The lowest BCUT2D eigenvalue weighted by Gasteiger charge is -2.25. The zero-order chi connectivity index (χ0) is 9.42. The second-order valence-electron chi connectivity index (χ2n) is 3.67. The summed E-state index contributed by atoms with van der Waals surface area (Å²) in [6.07, 6.45) is 0.926. The summed E-state index contributed by atoms with van der Waals surface area (Å²) in [5.74, 6) is 1.01. The van der Waals surface area contributed by atoms with E-state index in [1.807, 2.05) is 0 Å². The molecule has 1 aromatic rings. The number of ether oxygens (including phenoxy) is 1. The molecule has 1 aromatic carbocycles. The minimum absolute atomic E-state index is 0. The van der Waals surface area contributed by atoms with Crippen LogP contribution in [0.1, 0.15) is 29.2 Å².